The van der Waals surface area contributed by atoms with Crippen LogP contribution < -0.4 is 0 Å². The van der Waals surface area contributed by atoms with Gasteiger partial charge in [-0.2, -0.15) is 0 Å². The second-order valence-corrected chi connectivity index (χ2v) is 3.30. The number of halogens is 3. The summed E-state index contributed by atoms with van der Waals surface area (Å²) < 4.78 is 1.47. The predicted octanol–water partition coefficient (Wildman–Crippen LogP) is 2.66. The smallest absolute Gasteiger partial charge is 0.141 e. The fraction of sp³-hybridized carbons (Fsp3) is 0. The molecule has 5 heteroatoms. The minimum atomic E-state index is 0.380. The van der Waals surface area contributed by atoms with Crippen LogP contribution in [0.4, 0.5) is 0 Å². The van der Waals surface area contributed by atoms with E-state index in [1.807, 2.05) is 0 Å². The number of nitrogens with zero attached hydrogens (tertiary/aromatic N) is 2. The molecule has 0 aromatic carbocycles. The first-order chi connectivity index (χ1) is 4.20. The van der Waals surface area contributed by atoms with Gasteiger partial charge in [0.15, 0.2) is 5.15 Å². The Bertz CT molecular complexity index is 228. The lowest BCUT2D eigenvalue weighted by Crippen LogP contribution is -1.82. The average Bonchev–Trinajstić information content (AvgIpc) is 1.80. The Morgan fingerprint density at radius 2 is 2.00 bits per heavy atom. The Morgan fingerprint density at radius 3 is 2.44 bits per heavy atom. The monoisotopic (exact) mass is 270 g/mol. The van der Waals surface area contributed by atoms with Gasteiger partial charge in [0.05, 0.1) is 4.47 Å². The lowest BCUT2D eigenvalue weighted by molar-refractivity contribution is 0.996. The van der Waals surface area contributed by atoms with Gasteiger partial charge in [0.2, 0.25) is 0 Å². The molecule has 0 bridgehead atoms. The van der Waals surface area contributed by atoms with Crippen LogP contribution in [0.3, 0.4) is 0 Å². The van der Waals surface area contributed by atoms with Crippen molar-refractivity contribution >= 4 is 43.5 Å². The van der Waals surface area contributed by atoms with E-state index >= 15 is 0 Å². The second-order valence-electron chi connectivity index (χ2n) is 1.31. The van der Waals surface area contributed by atoms with Gasteiger partial charge in [0.25, 0.3) is 0 Å². The van der Waals surface area contributed by atoms with Crippen molar-refractivity contribution in [1.29, 1.82) is 0 Å². The normalized spacial score (nSPS) is 9.67. The van der Waals surface area contributed by atoms with Crippen molar-refractivity contribution in [3.8, 4) is 0 Å². The molecule has 0 aliphatic carbocycles. The molecule has 0 amide bonds. The van der Waals surface area contributed by atoms with E-state index in [0.29, 0.717) is 9.76 Å². The summed E-state index contributed by atoms with van der Waals surface area (Å²) in [7, 11) is 0. The Kier molecular flexibility index (Phi) is 2.43. The lowest BCUT2D eigenvalue weighted by atomic mass is 10.6. The average molecular weight is 272 g/mol. The second kappa shape index (κ2) is 2.94. The number of hydrogen-bond acceptors (Lipinski definition) is 2. The maximum absolute atomic E-state index is 5.49. The summed E-state index contributed by atoms with van der Waals surface area (Å²) in [6.07, 6.45) is 0. The van der Waals surface area contributed by atoms with Crippen molar-refractivity contribution in [2.24, 2.45) is 0 Å². The Hall–Kier alpha value is 0.330. The van der Waals surface area contributed by atoms with Gasteiger partial charge in [-0.15, -0.1) is 10.2 Å². The first-order valence-corrected chi connectivity index (χ1v) is 4.01. The van der Waals surface area contributed by atoms with Gasteiger partial charge >= 0.3 is 0 Å². The third kappa shape index (κ3) is 1.88. The highest BCUT2D eigenvalue weighted by atomic mass is 79.9. The van der Waals surface area contributed by atoms with Crippen molar-refractivity contribution in [1.82, 2.24) is 10.2 Å². The largest absolute Gasteiger partial charge is 0.152 e. The minimum Gasteiger partial charge on any atom is -0.141 e. The Balaban J connectivity index is 3.17. The summed E-state index contributed by atoms with van der Waals surface area (Å²) in [5.74, 6) is 0. The van der Waals surface area contributed by atoms with Crippen LogP contribution in [0.5, 0.6) is 0 Å². The van der Waals surface area contributed by atoms with E-state index in [-0.39, 0.29) is 0 Å². The van der Waals surface area contributed by atoms with Gasteiger partial charge in [-0.3, -0.25) is 0 Å². The van der Waals surface area contributed by atoms with Crippen molar-refractivity contribution in [2.45, 2.75) is 0 Å². The van der Waals surface area contributed by atoms with E-state index in [0.717, 1.165) is 4.47 Å². The highest BCUT2D eigenvalue weighted by Crippen LogP contribution is 2.21. The molecular formula is C4HBr2ClN2. The summed E-state index contributed by atoms with van der Waals surface area (Å²) in [5, 5.41) is 7.62. The molecule has 1 rings (SSSR count). The molecule has 0 aliphatic heterocycles. The minimum absolute atomic E-state index is 0.380. The summed E-state index contributed by atoms with van der Waals surface area (Å²) in [6.45, 7) is 0. The Labute approximate surface area is 73.9 Å². The molecule has 0 saturated heterocycles. The molecule has 1 aromatic rings. The van der Waals surface area contributed by atoms with Crippen LogP contribution in [0, 0.1) is 0 Å². The third-order valence-electron chi connectivity index (χ3n) is 0.676. The topological polar surface area (TPSA) is 25.8 Å². The zero-order chi connectivity index (χ0) is 6.85. The molecule has 0 unspecified atom stereocenters. The maximum atomic E-state index is 5.49. The van der Waals surface area contributed by atoms with E-state index in [1.165, 1.54) is 0 Å². The number of aromatic nitrogens is 2. The first kappa shape index (κ1) is 7.44. The summed E-state index contributed by atoms with van der Waals surface area (Å²) in [4.78, 5) is 0. The molecule has 0 spiro atoms. The van der Waals surface area contributed by atoms with Crippen molar-refractivity contribution in [3.05, 3.63) is 20.3 Å². The number of hydrogen-bond donors (Lipinski definition) is 0. The van der Waals surface area contributed by atoms with Gasteiger partial charge in [-0.05, 0) is 37.9 Å². The molecule has 0 aliphatic rings. The molecule has 9 heavy (non-hydrogen) atoms. The lowest BCUT2D eigenvalue weighted by Gasteiger charge is -1.91. The van der Waals surface area contributed by atoms with E-state index in [2.05, 4.69) is 42.1 Å². The van der Waals surface area contributed by atoms with Crippen molar-refractivity contribution in [2.75, 3.05) is 0 Å². The van der Waals surface area contributed by atoms with Crippen LogP contribution in [0.25, 0.3) is 0 Å². The fourth-order valence-corrected chi connectivity index (χ4v) is 1.10. The standard InChI is InChI=1S/C4HBr2ClN2/c5-2-1-3(7)8-9-4(2)6/h1H. The predicted molar refractivity (Wildman–Crippen MR) is 42.4 cm³/mol. The molecule has 0 saturated carbocycles. The van der Waals surface area contributed by atoms with Crippen LogP contribution in [-0.2, 0) is 0 Å². The highest BCUT2D eigenvalue weighted by molar-refractivity contribution is 9.13. The van der Waals surface area contributed by atoms with Crippen LogP contribution >= 0.6 is 43.5 Å². The van der Waals surface area contributed by atoms with Crippen molar-refractivity contribution < 1.29 is 0 Å². The first-order valence-electron chi connectivity index (χ1n) is 2.04. The van der Waals surface area contributed by atoms with Gasteiger partial charge in [0, 0.05) is 0 Å². The van der Waals surface area contributed by atoms with Crippen molar-refractivity contribution in [3.63, 3.8) is 0 Å². The zero-order valence-electron chi connectivity index (χ0n) is 4.11. The van der Waals surface area contributed by atoms with E-state index in [4.69, 9.17) is 11.6 Å². The molecule has 0 fully saturated rings. The van der Waals surface area contributed by atoms with Gasteiger partial charge in [-0.1, -0.05) is 11.6 Å². The molecule has 0 N–H and O–H groups in total. The number of rotatable bonds is 0. The van der Waals surface area contributed by atoms with E-state index < -0.39 is 0 Å². The summed E-state index contributed by atoms with van der Waals surface area (Å²) >= 11 is 11.9. The SMILES string of the molecule is Clc1cc(Br)c(Br)nn1. The highest BCUT2D eigenvalue weighted by Gasteiger charge is 1.97. The van der Waals surface area contributed by atoms with Crippen LogP contribution in [0.1, 0.15) is 0 Å². The molecule has 0 radical (unpaired) electrons. The fourth-order valence-electron chi connectivity index (χ4n) is 0.332. The molecule has 0 atom stereocenters. The molecule has 48 valence electrons. The van der Waals surface area contributed by atoms with Crippen LogP contribution in [0.2, 0.25) is 5.15 Å². The molecular weight excluding hydrogens is 271 g/mol. The van der Waals surface area contributed by atoms with Gasteiger partial charge in [0.1, 0.15) is 4.60 Å². The maximum Gasteiger partial charge on any atom is 0.152 e. The van der Waals surface area contributed by atoms with Crippen LogP contribution in [0.15, 0.2) is 15.1 Å². The third-order valence-corrected chi connectivity index (χ3v) is 2.58. The van der Waals surface area contributed by atoms with Gasteiger partial charge in [-0.25, -0.2) is 0 Å². The molecule has 1 heterocycles. The summed E-state index contributed by atoms with van der Waals surface area (Å²) in [6, 6.07) is 1.67. The van der Waals surface area contributed by atoms with Crippen LogP contribution in [-0.4, -0.2) is 10.2 Å². The van der Waals surface area contributed by atoms with E-state index in [9.17, 15) is 0 Å². The molecule has 2 nitrogen and oxygen atoms in total. The van der Waals surface area contributed by atoms with Gasteiger partial charge < -0.3 is 0 Å². The zero-order valence-corrected chi connectivity index (χ0v) is 8.03. The molecule has 1 aromatic heterocycles. The summed E-state index contributed by atoms with van der Waals surface area (Å²) in [5.41, 5.74) is 0. The van der Waals surface area contributed by atoms with E-state index in [1.54, 1.807) is 6.07 Å². The quantitative estimate of drug-likeness (QED) is 0.725. The Morgan fingerprint density at radius 1 is 1.33 bits per heavy atom.